The molecule has 2 amide bonds. The minimum absolute atomic E-state index is 0.564. The Hall–Kier alpha value is -3.41. The molecule has 0 saturated heterocycles. The molecule has 2 atom stereocenters. The van der Waals surface area contributed by atoms with Gasteiger partial charge in [0.1, 0.15) is 6.04 Å². The fourth-order valence-corrected chi connectivity index (χ4v) is 2.96. The summed E-state index contributed by atoms with van der Waals surface area (Å²) in [7, 11) is 0. The highest BCUT2D eigenvalue weighted by molar-refractivity contribution is 5.87. The van der Waals surface area contributed by atoms with Gasteiger partial charge in [0, 0.05) is 24.8 Å². The maximum absolute atomic E-state index is 11.8. The van der Waals surface area contributed by atoms with Gasteiger partial charge in [0.2, 0.25) is 11.8 Å². The number of carbonyl (C=O) groups is 2. The summed E-state index contributed by atoms with van der Waals surface area (Å²) >= 11 is 0. The molecule has 3 rings (SSSR count). The Kier molecular flexibility index (Phi) is 4.84. The van der Waals surface area contributed by atoms with E-state index in [0.29, 0.717) is 0 Å². The zero-order valence-corrected chi connectivity index (χ0v) is 14.4. The van der Waals surface area contributed by atoms with Crippen LogP contribution in [0.15, 0.2) is 67.3 Å². The lowest BCUT2D eigenvalue weighted by Crippen LogP contribution is -2.37. The monoisotopic (exact) mass is 348 g/mol. The predicted molar refractivity (Wildman–Crippen MR) is 99.7 cm³/mol. The topological polar surface area (TPSA) is 104 Å². The number of rotatable bonds is 6. The quantitative estimate of drug-likeness (QED) is 0.714. The van der Waals surface area contributed by atoms with Crippen LogP contribution in [0.5, 0.6) is 0 Å². The number of amides is 2. The van der Waals surface area contributed by atoms with E-state index in [1.807, 2.05) is 42.5 Å². The zero-order valence-electron chi connectivity index (χ0n) is 14.4. The number of primary amides is 2. The molecule has 0 spiro atoms. The minimum Gasteiger partial charge on any atom is -0.369 e. The molecule has 0 aliphatic rings. The second-order valence-corrected chi connectivity index (χ2v) is 6.20. The van der Waals surface area contributed by atoms with Crippen molar-refractivity contribution in [2.24, 2.45) is 17.4 Å². The molecule has 2 heterocycles. The minimum atomic E-state index is -0.808. The summed E-state index contributed by atoms with van der Waals surface area (Å²) in [4.78, 5) is 27.3. The molecule has 2 aromatic heterocycles. The van der Waals surface area contributed by atoms with Gasteiger partial charge in [0.15, 0.2) is 0 Å². The summed E-state index contributed by atoms with van der Waals surface area (Å²) in [6.07, 6.45) is 7.05. The van der Waals surface area contributed by atoms with Gasteiger partial charge in [-0.1, -0.05) is 31.2 Å². The molecule has 1 unspecified atom stereocenters. The Morgan fingerprint density at radius 2 is 1.38 bits per heavy atom. The van der Waals surface area contributed by atoms with E-state index in [4.69, 9.17) is 11.5 Å². The van der Waals surface area contributed by atoms with Crippen molar-refractivity contribution in [3.8, 4) is 22.3 Å². The smallest absolute Gasteiger partial charge is 0.241 e. The van der Waals surface area contributed by atoms with Crippen LogP contribution in [-0.4, -0.2) is 21.4 Å². The number of hydrogen-bond donors (Lipinski definition) is 2. The van der Waals surface area contributed by atoms with Crippen molar-refractivity contribution >= 4 is 11.8 Å². The highest BCUT2D eigenvalue weighted by Gasteiger charge is 2.28. The number of nitrogens with two attached hydrogens (primary N) is 2. The number of carbonyl (C=O) groups excluding carboxylic acids is 2. The van der Waals surface area contributed by atoms with Gasteiger partial charge in [0.05, 0.1) is 5.92 Å². The molecule has 0 aliphatic carbocycles. The summed E-state index contributed by atoms with van der Waals surface area (Å²) in [6.45, 7) is 1.60. The van der Waals surface area contributed by atoms with E-state index in [1.54, 1.807) is 36.3 Å². The van der Waals surface area contributed by atoms with Crippen LogP contribution in [0.3, 0.4) is 0 Å². The molecule has 0 saturated carbocycles. The van der Waals surface area contributed by atoms with E-state index in [2.05, 4.69) is 4.98 Å². The Morgan fingerprint density at radius 3 is 1.92 bits per heavy atom. The molecule has 6 heteroatoms. The Labute approximate surface area is 151 Å². The first-order chi connectivity index (χ1) is 12.5. The molecular formula is C20H20N4O2. The summed E-state index contributed by atoms with van der Waals surface area (Å²) in [5.74, 6) is -1.85. The molecule has 6 nitrogen and oxygen atoms in total. The van der Waals surface area contributed by atoms with Crippen LogP contribution < -0.4 is 11.5 Å². The fraction of sp³-hybridized carbons (Fsp3) is 0.150. The zero-order chi connectivity index (χ0) is 18.7. The molecule has 3 aromatic rings. The van der Waals surface area contributed by atoms with Gasteiger partial charge >= 0.3 is 0 Å². The molecule has 4 N–H and O–H groups in total. The summed E-state index contributed by atoms with van der Waals surface area (Å²) in [6, 6.07) is 13.0. The molecule has 0 radical (unpaired) electrons. The van der Waals surface area contributed by atoms with Gasteiger partial charge in [-0.3, -0.25) is 14.6 Å². The van der Waals surface area contributed by atoms with Gasteiger partial charge in [-0.15, -0.1) is 0 Å². The predicted octanol–water partition coefficient (Wildman–Crippen LogP) is 2.36. The first-order valence-corrected chi connectivity index (χ1v) is 8.24. The van der Waals surface area contributed by atoms with Gasteiger partial charge in [0.25, 0.3) is 0 Å². The lowest BCUT2D eigenvalue weighted by atomic mass is 10.0. The van der Waals surface area contributed by atoms with Crippen molar-refractivity contribution in [3.05, 3.63) is 67.3 Å². The van der Waals surface area contributed by atoms with Gasteiger partial charge in [-0.05, 0) is 40.5 Å². The highest BCUT2D eigenvalue weighted by Crippen LogP contribution is 2.27. The molecule has 0 bridgehead atoms. The van der Waals surface area contributed by atoms with Crippen LogP contribution >= 0.6 is 0 Å². The Balaban J connectivity index is 1.87. The van der Waals surface area contributed by atoms with Crippen molar-refractivity contribution in [1.82, 2.24) is 9.55 Å². The molecule has 1 aromatic carbocycles. The summed E-state index contributed by atoms with van der Waals surface area (Å²) in [5, 5.41) is 0. The lowest BCUT2D eigenvalue weighted by molar-refractivity contribution is -0.130. The second kappa shape index (κ2) is 7.23. The molecule has 0 aliphatic heterocycles. The van der Waals surface area contributed by atoms with E-state index in [9.17, 15) is 9.59 Å². The van der Waals surface area contributed by atoms with Crippen LogP contribution in [0.2, 0.25) is 0 Å². The molecule has 26 heavy (non-hydrogen) atoms. The van der Waals surface area contributed by atoms with Crippen molar-refractivity contribution in [1.29, 1.82) is 0 Å². The van der Waals surface area contributed by atoms with E-state index < -0.39 is 23.8 Å². The third kappa shape index (κ3) is 3.49. The van der Waals surface area contributed by atoms with Crippen molar-refractivity contribution in [2.75, 3.05) is 0 Å². The van der Waals surface area contributed by atoms with E-state index in [1.165, 1.54) is 0 Å². The summed E-state index contributed by atoms with van der Waals surface area (Å²) in [5.41, 5.74) is 14.9. The molecule has 132 valence electrons. The SMILES string of the molecule is CC(C(N)=O)[C@H](C(N)=O)n1ccc(-c2ccc(-c3ccncc3)cc2)c1. The average molecular weight is 348 g/mol. The van der Waals surface area contributed by atoms with Crippen LogP contribution in [0.1, 0.15) is 13.0 Å². The van der Waals surface area contributed by atoms with Crippen molar-refractivity contribution in [2.45, 2.75) is 13.0 Å². The fourth-order valence-electron chi connectivity index (χ4n) is 2.96. The maximum Gasteiger partial charge on any atom is 0.241 e. The first-order valence-electron chi connectivity index (χ1n) is 8.24. The van der Waals surface area contributed by atoms with E-state index in [-0.39, 0.29) is 0 Å². The number of nitrogens with zero attached hydrogens (tertiary/aromatic N) is 2. The largest absolute Gasteiger partial charge is 0.369 e. The highest BCUT2D eigenvalue weighted by atomic mass is 16.2. The van der Waals surface area contributed by atoms with Crippen molar-refractivity contribution in [3.63, 3.8) is 0 Å². The molecular weight excluding hydrogens is 328 g/mol. The summed E-state index contributed by atoms with van der Waals surface area (Å²) < 4.78 is 1.64. The standard InChI is InChI=1S/C20H20N4O2/c1-13(19(21)25)18(20(22)26)24-11-8-17(12-24)15-4-2-14(3-5-15)16-6-9-23-10-7-16/h2-13,18H,1H3,(H2,21,25)(H2,22,26)/t13?,18-/m1/s1. The Bertz CT molecular complexity index is 916. The third-order valence-electron chi connectivity index (χ3n) is 4.48. The number of benzene rings is 1. The second-order valence-electron chi connectivity index (χ2n) is 6.20. The van der Waals surface area contributed by atoms with Gasteiger partial charge < -0.3 is 16.0 Å². The van der Waals surface area contributed by atoms with Crippen LogP contribution in [0.25, 0.3) is 22.3 Å². The van der Waals surface area contributed by atoms with E-state index >= 15 is 0 Å². The number of aromatic nitrogens is 2. The van der Waals surface area contributed by atoms with E-state index in [0.717, 1.165) is 22.3 Å². The number of pyridine rings is 1. The lowest BCUT2D eigenvalue weighted by Gasteiger charge is -2.20. The third-order valence-corrected chi connectivity index (χ3v) is 4.48. The first kappa shape index (κ1) is 17.4. The maximum atomic E-state index is 11.8. The van der Waals surface area contributed by atoms with Gasteiger partial charge in [-0.25, -0.2) is 0 Å². The normalized spacial score (nSPS) is 13.1. The van der Waals surface area contributed by atoms with Gasteiger partial charge in [-0.2, -0.15) is 0 Å². The van der Waals surface area contributed by atoms with Crippen LogP contribution in [0.4, 0.5) is 0 Å². The van der Waals surface area contributed by atoms with Crippen molar-refractivity contribution < 1.29 is 9.59 Å². The average Bonchev–Trinajstić information content (AvgIpc) is 3.12. The number of hydrogen-bond acceptors (Lipinski definition) is 3. The van der Waals surface area contributed by atoms with Crippen LogP contribution in [-0.2, 0) is 9.59 Å². The van der Waals surface area contributed by atoms with Crippen LogP contribution in [0, 0.1) is 5.92 Å². The Morgan fingerprint density at radius 1 is 0.846 bits per heavy atom. The molecule has 0 fully saturated rings.